The van der Waals surface area contributed by atoms with Gasteiger partial charge in [0.05, 0.1) is 6.07 Å². The molecule has 15 heavy (non-hydrogen) atoms. The predicted octanol–water partition coefficient (Wildman–Crippen LogP) is 0.238. The van der Waals surface area contributed by atoms with Crippen molar-refractivity contribution in [2.45, 2.75) is 13.3 Å². The van der Waals surface area contributed by atoms with E-state index in [9.17, 15) is 4.79 Å². The number of aryl methyl sites for hydroxylation is 1. The zero-order valence-electron chi connectivity index (χ0n) is 8.90. The molecule has 0 radical (unpaired) electrons. The number of carbonyl (C=O) groups is 1. The highest BCUT2D eigenvalue weighted by Crippen LogP contribution is 1.97. The highest BCUT2D eigenvalue weighted by molar-refractivity contribution is 5.80. The highest BCUT2D eigenvalue weighted by Gasteiger charge is 2.10. The van der Waals surface area contributed by atoms with Gasteiger partial charge in [-0.25, -0.2) is 0 Å². The van der Waals surface area contributed by atoms with E-state index in [1.54, 1.807) is 17.8 Å². The third-order valence-corrected chi connectivity index (χ3v) is 2.19. The summed E-state index contributed by atoms with van der Waals surface area (Å²) >= 11 is 0. The van der Waals surface area contributed by atoms with Crippen LogP contribution in [-0.4, -0.2) is 22.2 Å². The monoisotopic (exact) mass is 206 g/mol. The van der Waals surface area contributed by atoms with Crippen LogP contribution in [0.5, 0.6) is 0 Å². The van der Waals surface area contributed by atoms with Crippen molar-refractivity contribution in [2.75, 3.05) is 6.54 Å². The largest absolute Gasteiger partial charge is 0.355 e. The minimum absolute atomic E-state index is 0.223. The summed E-state index contributed by atoms with van der Waals surface area (Å²) in [6, 6.07) is 3.79. The Balaban J connectivity index is 2.32. The summed E-state index contributed by atoms with van der Waals surface area (Å²) in [5.41, 5.74) is 1.06. The molecule has 1 rings (SSSR count). The maximum Gasteiger partial charge on any atom is 0.237 e. The summed E-state index contributed by atoms with van der Waals surface area (Å²) in [5, 5.41) is 15.2. The predicted molar refractivity (Wildman–Crippen MR) is 54.7 cm³/mol. The van der Waals surface area contributed by atoms with Gasteiger partial charge in [0.15, 0.2) is 0 Å². The number of aromatic nitrogens is 2. The number of hydrogen-bond donors (Lipinski definition) is 1. The van der Waals surface area contributed by atoms with Crippen molar-refractivity contribution in [3.63, 3.8) is 0 Å². The van der Waals surface area contributed by atoms with E-state index in [0.29, 0.717) is 6.54 Å². The van der Waals surface area contributed by atoms with E-state index < -0.39 is 5.92 Å². The zero-order valence-corrected chi connectivity index (χ0v) is 8.90. The standard InChI is InChI=1S/C10H14N4O/c1-8(7-11)10(15)12-5-3-9-4-6-13-14(9)2/h4,6,8H,3,5H2,1-2H3,(H,12,15). The van der Waals surface area contributed by atoms with Crippen LogP contribution in [-0.2, 0) is 18.3 Å². The molecule has 0 saturated heterocycles. The second-order valence-corrected chi connectivity index (χ2v) is 3.34. The van der Waals surface area contributed by atoms with E-state index in [4.69, 9.17) is 5.26 Å². The maximum atomic E-state index is 11.2. The van der Waals surface area contributed by atoms with Gasteiger partial charge in [0.1, 0.15) is 5.92 Å². The highest BCUT2D eigenvalue weighted by atomic mass is 16.1. The molecule has 1 N–H and O–H groups in total. The van der Waals surface area contributed by atoms with Crippen LogP contribution in [0.1, 0.15) is 12.6 Å². The summed E-state index contributed by atoms with van der Waals surface area (Å²) in [6.45, 7) is 2.11. The molecule has 0 spiro atoms. The summed E-state index contributed by atoms with van der Waals surface area (Å²) in [7, 11) is 1.86. The number of hydrogen-bond acceptors (Lipinski definition) is 3. The number of amides is 1. The van der Waals surface area contributed by atoms with Crippen molar-refractivity contribution in [1.29, 1.82) is 5.26 Å². The van der Waals surface area contributed by atoms with Gasteiger partial charge in [0.2, 0.25) is 5.91 Å². The summed E-state index contributed by atoms with van der Waals surface area (Å²) in [5.74, 6) is -0.809. The van der Waals surface area contributed by atoms with Gasteiger partial charge in [-0.1, -0.05) is 0 Å². The zero-order chi connectivity index (χ0) is 11.3. The minimum atomic E-state index is -0.587. The lowest BCUT2D eigenvalue weighted by atomic mass is 10.2. The molecular weight excluding hydrogens is 192 g/mol. The van der Waals surface area contributed by atoms with E-state index in [1.165, 1.54) is 0 Å². The van der Waals surface area contributed by atoms with Gasteiger partial charge in [-0.3, -0.25) is 9.48 Å². The SMILES string of the molecule is CC(C#N)C(=O)NCCc1ccnn1C. The Labute approximate surface area is 88.7 Å². The normalized spacial score (nSPS) is 11.8. The molecule has 1 aromatic heterocycles. The van der Waals surface area contributed by atoms with E-state index in [-0.39, 0.29) is 5.91 Å². The number of nitriles is 1. The average Bonchev–Trinajstić information content (AvgIpc) is 2.63. The number of nitrogens with one attached hydrogen (secondary N) is 1. The molecule has 0 bridgehead atoms. The summed E-state index contributed by atoms with van der Waals surface area (Å²) < 4.78 is 1.76. The fourth-order valence-corrected chi connectivity index (χ4v) is 1.17. The molecule has 80 valence electrons. The Bertz CT molecular complexity index is 377. The molecule has 1 heterocycles. The first kappa shape index (κ1) is 11.2. The van der Waals surface area contributed by atoms with Crippen LogP contribution in [0.2, 0.25) is 0 Å². The second-order valence-electron chi connectivity index (χ2n) is 3.34. The van der Waals surface area contributed by atoms with Gasteiger partial charge in [0.25, 0.3) is 0 Å². The van der Waals surface area contributed by atoms with Gasteiger partial charge < -0.3 is 5.32 Å². The Hall–Kier alpha value is -1.83. The first-order valence-corrected chi connectivity index (χ1v) is 4.79. The van der Waals surface area contributed by atoms with E-state index in [0.717, 1.165) is 12.1 Å². The fourth-order valence-electron chi connectivity index (χ4n) is 1.17. The number of nitrogens with zero attached hydrogens (tertiary/aromatic N) is 3. The molecule has 0 aromatic carbocycles. The Morgan fingerprint density at radius 1 is 1.80 bits per heavy atom. The van der Waals surface area contributed by atoms with Crippen molar-refractivity contribution < 1.29 is 4.79 Å². The van der Waals surface area contributed by atoms with Crippen molar-refractivity contribution in [3.05, 3.63) is 18.0 Å². The van der Waals surface area contributed by atoms with Crippen LogP contribution in [0.25, 0.3) is 0 Å². The topological polar surface area (TPSA) is 70.7 Å². The van der Waals surface area contributed by atoms with Gasteiger partial charge in [-0.2, -0.15) is 10.4 Å². The van der Waals surface area contributed by atoms with Gasteiger partial charge in [0, 0.05) is 31.9 Å². The lowest BCUT2D eigenvalue weighted by molar-refractivity contribution is -0.122. The van der Waals surface area contributed by atoms with E-state index in [1.807, 2.05) is 19.2 Å². The molecule has 5 heteroatoms. The average molecular weight is 206 g/mol. The molecule has 1 aromatic rings. The molecular formula is C10H14N4O. The molecule has 0 aliphatic heterocycles. The molecule has 1 unspecified atom stereocenters. The summed E-state index contributed by atoms with van der Waals surface area (Å²) in [4.78, 5) is 11.2. The molecule has 0 aliphatic rings. The number of rotatable bonds is 4. The van der Waals surface area contributed by atoms with E-state index >= 15 is 0 Å². The number of carbonyl (C=O) groups excluding carboxylic acids is 1. The van der Waals surface area contributed by atoms with Crippen LogP contribution in [0, 0.1) is 17.2 Å². The van der Waals surface area contributed by atoms with E-state index in [2.05, 4.69) is 10.4 Å². The summed E-state index contributed by atoms with van der Waals surface area (Å²) in [6.07, 6.45) is 2.44. The fraction of sp³-hybridized carbons (Fsp3) is 0.500. The molecule has 0 fully saturated rings. The lowest BCUT2D eigenvalue weighted by Gasteiger charge is -2.06. The molecule has 1 atom stereocenters. The molecule has 0 saturated carbocycles. The van der Waals surface area contributed by atoms with Crippen molar-refractivity contribution in [2.24, 2.45) is 13.0 Å². The molecule has 1 amide bonds. The minimum Gasteiger partial charge on any atom is -0.355 e. The van der Waals surface area contributed by atoms with Crippen molar-refractivity contribution >= 4 is 5.91 Å². The molecule has 0 aliphatic carbocycles. The Morgan fingerprint density at radius 3 is 3.07 bits per heavy atom. The van der Waals surface area contributed by atoms with Gasteiger partial charge >= 0.3 is 0 Å². The van der Waals surface area contributed by atoms with Gasteiger partial charge in [-0.05, 0) is 13.0 Å². The van der Waals surface area contributed by atoms with Crippen LogP contribution >= 0.6 is 0 Å². The first-order valence-electron chi connectivity index (χ1n) is 4.79. The van der Waals surface area contributed by atoms with Crippen molar-refractivity contribution in [3.8, 4) is 6.07 Å². The van der Waals surface area contributed by atoms with Crippen LogP contribution < -0.4 is 5.32 Å². The lowest BCUT2D eigenvalue weighted by Crippen LogP contribution is -2.30. The Morgan fingerprint density at radius 2 is 2.53 bits per heavy atom. The second kappa shape index (κ2) is 5.15. The van der Waals surface area contributed by atoms with Gasteiger partial charge in [-0.15, -0.1) is 0 Å². The third kappa shape index (κ3) is 3.09. The first-order chi connectivity index (χ1) is 7.15. The molecule has 5 nitrogen and oxygen atoms in total. The van der Waals surface area contributed by atoms with Crippen LogP contribution in [0.3, 0.4) is 0 Å². The smallest absolute Gasteiger partial charge is 0.237 e. The van der Waals surface area contributed by atoms with Crippen molar-refractivity contribution in [1.82, 2.24) is 15.1 Å². The van der Waals surface area contributed by atoms with Crippen LogP contribution in [0.4, 0.5) is 0 Å². The van der Waals surface area contributed by atoms with Crippen LogP contribution in [0.15, 0.2) is 12.3 Å². The third-order valence-electron chi connectivity index (χ3n) is 2.19. The quantitative estimate of drug-likeness (QED) is 0.767. The maximum absolute atomic E-state index is 11.2. The Kier molecular flexibility index (Phi) is 3.86.